The normalized spacial score (nSPS) is 13.0. The fraction of sp³-hybridized carbons (Fsp3) is 0.500. The summed E-state index contributed by atoms with van der Waals surface area (Å²) in [7, 11) is 3.76. The van der Waals surface area contributed by atoms with Gasteiger partial charge in [-0.3, -0.25) is 9.36 Å². The minimum atomic E-state index is -0.543. The lowest BCUT2D eigenvalue weighted by atomic mass is 10.0. The Hall–Kier alpha value is -1.62. The predicted octanol–water partition coefficient (Wildman–Crippen LogP) is 1.05. The third-order valence-electron chi connectivity index (χ3n) is 3.07. The molecule has 17 heavy (non-hydrogen) atoms. The third-order valence-corrected chi connectivity index (χ3v) is 3.07. The molecule has 2 aromatic rings. The summed E-state index contributed by atoms with van der Waals surface area (Å²) in [5, 5.41) is 18.8. The molecule has 1 unspecified atom stereocenters. The number of hydrogen-bond donors (Lipinski definition) is 1. The topological polar surface area (TPSA) is 55.9 Å². The van der Waals surface area contributed by atoms with Crippen LogP contribution in [0.15, 0.2) is 12.3 Å². The summed E-state index contributed by atoms with van der Waals surface area (Å²) in [6.07, 6.45) is 1.86. The molecule has 2 rings (SSSR count). The molecule has 5 heteroatoms. The van der Waals surface area contributed by atoms with Crippen molar-refractivity contribution >= 4 is 0 Å². The second kappa shape index (κ2) is 4.33. The molecule has 92 valence electrons. The summed E-state index contributed by atoms with van der Waals surface area (Å²) in [6.45, 7) is 3.89. The zero-order valence-electron chi connectivity index (χ0n) is 10.7. The maximum Gasteiger partial charge on any atom is 0.0881 e. The molecule has 5 nitrogen and oxygen atoms in total. The number of aryl methyl sites for hydroxylation is 3. The van der Waals surface area contributed by atoms with Crippen LogP contribution in [0.4, 0.5) is 0 Å². The van der Waals surface area contributed by atoms with E-state index in [1.807, 2.05) is 40.2 Å². The molecular weight excluding hydrogens is 216 g/mol. The van der Waals surface area contributed by atoms with Crippen molar-refractivity contribution in [2.24, 2.45) is 14.1 Å². The van der Waals surface area contributed by atoms with Crippen LogP contribution in [0.3, 0.4) is 0 Å². The fourth-order valence-corrected chi connectivity index (χ4v) is 2.14. The molecule has 0 aliphatic heterocycles. The molecule has 0 aliphatic carbocycles. The molecule has 0 aromatic carbocycles. The van der Waals surface area contributed by atoms with Crippen molar-refractivity contribution in [1.82, 2.24) is 19.6 Å². The second-order valence-electron chi connectivity index (χ2n) is 4.41. The Morgan fingerprint density at radius 2 is 2.00 bits per heavy atom. The minimum Gasteiger partial charge on any atom is -0.388 e. The summed E-state index contributed by atoms with van der Waals surface area (Å²) >= 11 is 0. The van der Waals surface area contributed by atoms with Crippen LogP contribution >= 0.6 is 0 Å². The lowest BCUT2D eigenvalue weighted by Gasteiger charge is -2.09. The summed E-state index contributed by atoms with van der Waals surface area (Å²) < 4.78 is 3.54. The van der Waals surface area contributed by atoms with E-state index in [2.05, 4.69) is 10.2 Å². The zero-order valence-corrected chi connectivity index (χ0v) is 10.7. The first-order chi connectivity index (χ1) is 7.99. The Bertz CT molecular complexity index is 527. The van der Waals surface area contributed by atoms with E-state index in [1.54, 1.807) is 9.36 Å². The van der Waals surface area contributed by atoms with Crippen molar-refractivity contribution in [1.29, 1.82) is 0 Å². The summed E-state index contributed by atoms with van der Waals surface area (Å²) in [5.74, 6) is 0. The average Bonchev–Trinajstić information content (AvgIpc) is 2.73. The van der Waals surface area contributed by atoms with Crippen molar-refractivity contribution < 1.29 is 5.11 Å². The lowest BCUT2D eigenvalue weighted by Crippen LogP contribution is -2.05. The highest BCUT2D eigenvalue weighted by Crippen LogP contribution is 2.23. The lowest BCUT2D eigenvalue weighted by molar-refractivity contribution is 0.175. The first-order valence-corrected chi connectivity index (χ1v) is 5.65. The van der Waals surface area contributed by atoms with E-state index in [-0.39, 0.29) is 0 Å². The van der Waals surface area contributed by atoms with Crippen LogP contribution in [0.25, 0.3) is 0 Å². The van der Waals surface area contributed by atoms with Crippen molar-refractivity contribution in [3.05, 3.63) is 34.9 Å². The molecule has 0 fully saturated rings. The van der Waals surface area contributed by atoms with E-state index in [1.165, 1.54) is 0 Å². The number of aliphatic hydroxyl groups excluding tert-OH is 1. The molecule has 1 atom stereocenters. The number of aliphatic hydroxyl groups is 1. The first kappa shape index (κ1) is 11.9. The van der Waals surface area contributed by atoms with E-state index >= 15 is 0 Å². The average molecular weight is 234 g/mol. The summed E-state index contributed by atoms with van der Waals surface area (Å²) in [5.41, 5.74) is 3.69. The Kier molecular flexibility index (Phi) is 3.02. The molecule has 0 amide bonds. The molecule has 0 saturated carbocycles. The molecule has 0 radical (unpaired) electrons. The van der Waals surface area contributed by atoms with E-state index in [9.17, 15) is 5.11 Å². The monoisotopic (exact) mass is 234 g/mol. The van der Waals surface area contributed by atoms with Gasteiger partial charge in [0.15, 0.2) is 0 Å². The Morgan fingerprint density at radius 3 is 2.47 bits per heavy atom. The molecule has 0 spiro atoms. The number of nitrogens with zero attached hydrogens (tertiary/aromatic N) is 4. The van der Waals surface area contributed by atoms with Crippen LogP contribution in [0, 0.1) is 13.8 Å². The van der Waals surface area contributed by atoms with Gasteiger partial charge in [0.25, 0.3) is 0 Å². The second-order valence-corrected chi connectivity index (χ2v) is 4.41. The van der Waals surface area contributed by atoms with Crippen LogP contribution in [0.5, 0.6) is 0 Å². The summed E-state index contributed by atoms with van der Waals surface area (Å²) in [6, 6.07) is 1.92. The number of hydrogen-bond acceptors (Lipinski definition) is 3. The van der Waals surface area contributed by atoms with Gasteiger partial charge < -0.3 is 5.11 Å². The highest BCUT2D eigenvalue weighted by molar-refractivity contribution is 5.27. The Balaban J connectivity index is 2.22. The van der Waals surface area contributed by atoms with E-state index in [0.717, 1.165) is 22.6 Å². The minimum absolute atomic E-state index is 0.522. The van der Waals surface area contributed by atoms with Gasteiger partial charge in [-0.1, -0.05) is 0 Å². The fourth-order valence-electron chi connectivity index (χ4n) is 2.14. The van der Waals surface area contributed by atoms with Crippen molar-refractivity contribution in [2.45, 2.75) is 26.4 Å². The van der Waals surface area contributed by atoms with Crippen molar-refractivity contribution in [3.8, 4) is 0 Å². The molecule has 1 N–H and O–H groups in total. The molecule has 0 saturated heterocycles. The van der Waals surface area contributed by atoms with E-state index in [0.29, 0.717) is 6.42 Å². The SMILES string of the molecule is Cc1nn(C)c(C)c1C(O)Cc1ccn(C)n1. The number of rotatable bonds is 3. The van der Waals surface area contributed by atoms with Gasteiger partial charge in [-0.25, -0.2) is 0 Å². The van der Waals surface area contributed by atoms with Crippen molar-refractivity contribution in [2.75, 3.05) is 0 Å². The predicted molar refractivity (Wildman–Crippen MR) is 64.6 cm³/mol. The maximum atomic E-state index is 10.3. The quantitative estimate of drug-likeness (QED) is 0.863. The number of aromatic nitrogens is 4. The smallest absolute Gasteiger partial charge is 0.0881 e. The molecule has 0 bridgehead atoms. The van der Waals surface area contributed by atoms with Crippen LogP contribution in [0.1, 0.15) is 28.7 Å². The summed E-state index contributed by atoms with van der Waals surface area (Å²) in [4.78, 5) is 0. The van der Waals surface area contributed by atoms with Crippen molar-refractivity contribution in [3.63, 3.8) is 0 Å². The highest BCUT2D eigenvalue weighted by atomic mass is 16.3. The van der Waals surface area contributed by atoms with E-state index < -0.39 is 6.10 Å². The van der Waals surface area contributed by atoms with Gasteiger partial charge in [0.2, 0.25) is 0 Å². The van der Waals surface area contributed by atoms with Crippen LogP contribution < -0.4 is 0 Å². The first-order valence-electron chi connectivity index (χ1n) is 5.65. The molecule has 0 aliphatic rings. The van der Waals surface area contributed by atoms with Gasteiger partial charge in [-0.15, -0.1) is 0 Å². The van der Waals surface area contributed by atoms with Gasteiger partial charge in [0, 0.05) is 38.0 Å². The Morgan fingerprint density at radius 1 is 1.29 bits per heavy atom. The maximum absolute atomic E-state index is 10.3. The van der Waals surface area contributed by atoms with Gasteiger partial charge in [-0.2, -0.15) is 10.2 Å². The van der Waals surface area contributed by atoms with Crippen LogP contribution in [-0.4, -0.2) is 24.7 Å². The van der Waals surface area contributed by atoms with Gasteiger partial charge in [0.05, 0.1) is 17.5 Å². The standard InChI is InChI=1S/C12H18N4O/c1-8-12(9(2)16(4)13-8)11(17)7-10-5-6-15(3)14-10/h5-6,11,17H,7H2,1-4H3. The van der Waals surface area contributed by atoms with Gasteiger partial charge >= 0.3 is 0 Å². The Labute approximate surface area is 101 Å². The largest absolute Gasteiger partial charge is 0.388 e. The molecule has 2 heterocycles. The third kappa shape index (κ3) is 2.24. The van der Waals surface area contributed by atoms with Crippen LogP contribution in [0.2, 0.25) is 0 Å². The van der Waals surface area contributed by atoms with Crippen LogP contribution in [-0.2, 0) is 20.5 Å². The highest BCUT2D eigenvalue weighted by Gasteiger charge is 2.19. The molecule has 2 aromatic heterocycles. The molecular formula is C12H18N4O. The van der Waals surface area contributed by atoms with Gasteiger partial charge in [0.1, 0.15) is 0 Å². The van der Waals surface area contributed by atoms with Gasteiger partial charge in [-0.05, 0) is 19.9 Å². The van der Waals surface area contributed by atoms with E-state index in [4.69, 9.17) is 0 Å². The zero-order chi connectivity index (χ0) is 12.6.